The van der Waals surface area contributed by atoms with Gasteiger partial charge in [0.25, 0.3) is 0 Å². The van der Waals surface area contributed by atoms with Crippen LogP contribution in [0.3, 0.4) is 0 Å². The van der Waals surface area contributed by atoms with Gasteiger partial charge >= 0.3 is 0 Å². The van der Waals surface area contributed by atoms with E-state index in [9.17, 15) is 0 Å². The Labute approximate surface area is 110 Å². The second kappa shape index (κ2) is 5.37. The van der Waals surface area contributed by atoms with Crippen molar-refractivity contribution >= 4 is 0 Å². The molecule has 0 radical (unpaired) electrons. The lowest BCUT2D eigenvalue weighted by Crippen LogP contribution is -2.39. The first kappa shape index (κ1) is 13.5. The van der Waals surface area contributed by atoms with Crippen LogP contribution in [0.1, 0.15) is 50.3 Å². The topological polar surface area (TPSA) is 48.1 Å². The van der Waals surface area contributed by atoms with E-state index < -0.39 is 0 Å². The van der Waals surface area contributed by atoms with Crippen LogP contribution in [0.5, 0.6) is 0 Å². The minimum atomic E-state index is -0.161. The van der Waals surface area contributed by atoms with E-state index in [4.69, 9.17) is 10.5 Å². The quantitative estimate of drug-likeness (QED) is 0.891. The molecule has 1 aliphatic carbocycles. The van der Waals surface area contributed by atoms with Crippen molar-refractivity contribution in [3.63, 3.8) is 0 Å². The van der Waals surface area contributed by atoms with Gasteiger partial charge in [-0.05, 0) is 51.2 Å². The van der Waals surface area contributed by atoms with Crippen molar-refractivity contribution in [1.29, 1.82) is 0 Å². The predicted octanol–water partition coefficient (Wildman–Crippen LogP) is 2.64. The van der Waals surface area contributed by atoms with Gasteiger partial charge in [-0.2, -0.15) is 0 Å². The summed E-state index contributed by atoms with van der Waals surface area (Å²) in [5, 5.41) is 0. The van der Waals surface area contributed by atoms with Gasteiger partial charge in [0.05, 0.1) is 5.60 Å². The van der Waals surface area contributed by atoms with E-state index in [0.717, 1.165) is 19.3 Å². The zero-order chi connectivity index (χ0) is 13.2. The van der Waals surface area contributed by atoms with Gasteiger partial charge in [-0.25, -0.2) is 0 Å². The second-order valence-corrected chi connectivity index (χ2v) is 5.88. The molecule has 0 saturated heterocycles. The Kier molecular flexibility index (Phi) is 4.03. The van der Waals surface area contributed by atoms with E-state index >= 15 is 0 Å². The van der Waals surface area contributed by atoms with Crippen molar-refractivity contribution in [2.45, 2.75) is 57.1 Å². The summed E-state index contributed by atoms with van der Waals surface area (Å²) >= 11 is 0. The number of methoxy groups -OCH3 is 1. The molecule has 3 heteroatoms. The summed E-state index contributed by atoms with van der Waals surface area (Å²) in [6.45, 7) is 4.18. The van der Waals surface area contributed by atoms with Crippen LogP contribution in [0.4, 0.5) is 0 Å². The monoisotopic (exact) mass is 248 g/mol. The standard InChI is InChI=1S/C15H24N2O/c1-15(2,18-3)10-13(16)12-8-4-6-11-7-5-9-17-14(11)12/h5,7,9,12-13H,4,6,8,10,16H2,1-3H3. The summed E-state index contributed by atoms with van der Waals surface area (Å²) in [6, 6.07) is 4.32. The van der Waals surface area contributed by atoms with Gasteiger partial charge < -0.3 is 10.5 Å². The Balaban J connectivity index is 2.15. The Morgan fingerprint density at radius 2 is 2.33 bits per heavy atom. The zero-order valence-electron chi connectivity index (χ0n) is 11.6. The first-order chi connectivity index (χ1) is 8.53. The maximum Gasteiger partial charge on any atom is 0.0637 e. The molecule has 2 rings (SSSR count). The predicted molar refractivity (Wildman–Crippen MR) is 73.6 cm³/mol. The van der Waals surface area contributed by atoms with Crippen LogP contribution in [0.25, 0.3) is 0 Å². The first-order valence-corrected chi connectivity index (χ1v) is 6.78. The summed E-state index contributed by atoms with van der Waals surface area (Å²) in [5.74, 6) is 0.379. The van der Waals surface area contributed by atoms with Gasteiger partial charge in [0.15, 0.2) is 0 Å². The van der Waals surface area contributed by atoms with Gasteiger partial charge in [0, 0.05) is 31.0 Å². The SMILES string of the molecule is COC(C)(C)CC(N)C1CCCc2cccnc21. The third-order valence-electron chi connectivity index (χ3n) is 4.04. The fourth-order valence-electron chi connectivity index (χ4n) is 2.86. The lowest BCUT2D eigenvalue weighted by Gasteiger charge is -2.33. The highest BCUT2D eigenvalue weighted by molar-refractivity contribution is 5.27. The molecule has 3 nitrogen and oxygen atoms in total. The van der Waals surface area contributed by atoms with Gasteiger partial charge in [0.1, 0.15) is 0 Å². The third-order valence-corrected chi connectivity index (χ3v) is 4.04. The van der Waals surface area contributed by atoms with Crippen molar-refractivity contribution in [1.82, 2.24) is 4.98 Å². The highest BCUT2D eigenvalue weighted by atomic mass is 16.5. The van der Waals surface area contributed by atoms with Crippen LogP contribution in [0.2, 0.25) is 0 Å². The number of nitrogens with zero attached hydrogens (tertiary/aromatic N) is 1. The summed E-state index contributed by atoms with van der Waals surface area (Å²) in [7, 11) is 1.75. The largest absolute Gasteiger partial charge is 0.379 e. The number of aromatic nitrogens is 1. The smallest absolute Gasteiger partial charge is 0.0637 e. The molecule has 1 aromatic heterocycles. The molecule has 0 bridgehead atoms. The van der Waals surface area contributed by atoms with Crippen molar-refractivity contribution in [2.24, 2.45) is 5.73 Å². The molecule has 2 N–H and O–H groups in total. The van der Waals surface area contributed by atoms with E-state index in [0.29, 0.717) is 5.92 Å². The molecule has 1 aliphatic rings. The summed E-state index contributed by atoms with van der Waals surface area (Å²) in [5.41, 5.74) is 8.83. The maximum atomic E-state index is 6.40. The third kappa shape index (κ3) is 2.90. The Morgan fingerprint density at radius 1 is 1.56 bits per heavy atom. The molecule has 0 amide bonds. The fourth-order valence-corrected chi connectivity index (χ4v) is 2.86. The molecule has 0 spiro atoms. The van der Waals surface area contributed by atoms with Gasteiger partial charge in [-0.15, -0.1) is 0 Å². The van der Waals surface area contributed by atoms with E-state index in [1.54, 1.807) is 7.11 Å². The highest BCUT2D eigenvalue weighted by Crippen LogP contribution is 2.34. The minimum Gasteiger partial charge on any atom is -0.379 e. The molecule has 0 aliphatic heterocycles. The minimum absolute atomic E-state index is 0.119. The van der Waals surface area contributed by atoms with Crippen molar-refractivity contribution < 1.29 is 4.74 Å². The molecule has 2 atom stereocenters. The van der Waals surface area contributed by atoms with Crippen LogP contribution < -0.4 is 5.73 Å². The van der Waals surface area contributed by atoms with Crippen LogP contribution in [-0.4, -0.2) is 23.7 Å². The molecule has 2 unspecified atom stereocenters. The summed E-state index contributed by atoms with van der Waals surface area (Å²) in [6.07, 6.45) is 6.24. The van der Waals surface area contributed by atoms with E-state index in [1.807, 2.05) is 12.3 Å². The number of ether oxygens (including phenoxy) is 1. The van der Waals surface area contributed by atoms with Crippen LogP contribution in [-0.2, 0) is 11.2 Å². The molecule has 0 fully saturated rings. The van der Waals surface area contributed by atoms with E-state index in [-0.39, 0.29) is 11.6 Å². The fraction of sp³-hybridized carbons (Fsp3) is 0.667. The van der Waals surface area contributed by atoms with E-state index in [2.05, 4.69) is 24.9 Å². The number of aryl methyl sites for hydroxylation is 1. The summed E-state index contributed by atoms with van der Waals surface area (Å²) in [4.78, 5) is 4.56. The first-order valence-electron chi connectivity index (χ1n) is 6.78. The number of hydrogen-bond acceptors (Lipinski definition) is 3. The zero-order valence-corrected chi connectivity index (χ0v) is 11.6. The number of nitrogens with two attached hydrogens (primary N) is 1. The van der Waals surface area contributed by atoms with Crippen LogP contribution in [0.15, 0.2) is 18.3 Å². The molecule has 18 heavy (non-hydrogen) atoms. The van der Waals surface area contributed by atoms with Crippen molar-refractivity contribution in [2.75, 3.05) is 7.11 Å². The summed E-state index contributed by atoms with van der Waals surface area (Å²) < 4.78 is 5.49. The lowest BCUT2D eigenvalue weighted by atomic mass is 9.79. The normalized spacial score (nSPS) is 21.4. The Hall–Kier alpha value is -0.930. The number of pyridine rings is 1. The average Bonchev–Trinajstić information content (AvgIpc) is 2.37. The van der Waals surface area contributed by atoms with Gasteiger partial charge in [-0.3, -0.25) is 4.98 Å². The maximum absolute atomic E-state index is 6.40. The number of rotatable bonds is 4. The molecule has 1 aromatic rings. The number of hydrogen-bond donors (Lipinski definition) is 1. The van der Waals surface area contributed by atoms with Crippen molar-refractivity contribution in [3.8, 4) is 0 Å². The molecular weight excluding hydrogens is 224 g/mol. The highest BCUT2D eigenvalue weighted by Gasteiger charge is 2.30. The Bertz CT molecular complexity index is 403. The van der Waals surface area contributed by atoms with Gasteiger partial charge in [0.2, 0.25) is 0 Å². The molecule has 0 saturated carbocycles. The molecule has 0 aromatic carbocycles. The van der Waals surface area contributed by atoms with Crippen molar-refractivity contribution in [3.05, 3.63) is 29.6 Å². The van der Waals surface area contributed by atoms with E-state index in [1.165, 1.54) is 17.7 Å². The molecule has 1 heterocycles. The van der Waals surface area contributed by atoms with Gasteiger partial charge in [-0.1, -0.05) is 6.07 Å². The second-order valence-electron chi connectivity index (χ2n) is 5.88. The average molecular weight is 248 g/mol. The number of fused-ring (bicyclic) bond motifs is 1. The lowest BCUT2D eigenvalue weighted by molar-refractivity contribution is 0.00754. The Morgan fingerprint density at radius 3 is 3.06 bits per heavy atom. The van der Waals surface area contributed by atoms with Crippen LogP contribution in [0, 0.1) is 0 Å². The molecule has 100 valence electrons. The van der Waals surface area contributed by atoms with Crippen LogP contribution >= 0.6 is 0 Å². The molecular formula is C15H24N2O.